The Morgan fingerprint density at radius 3 is 2.17 bits per heavy atom. The van der Waals surface area contributed by atoms with E-state index < -0.39 is 143 Å². The highest BCUT2D eigenvalue weighted by Gasteiger charge is 2.53. The van der Waals surface area contributed by atoms with Gasteiger partial charge in [0.2, 0.25) is 23.5 Å². The summed E-state index contributed by atoms with van der Waals surface area (Å²) >= 11 is 0. The lowest BCUT2D eigenvalue weighted by Gasteiger charge is -2.42. The standard InChI is InChI=1S/C80H118N8O22/c1-47(2)69(86-66(90)33-36-88-67(91)31-32-68(88)92)75(97)85-59(21-18-34-82-78(81)100)74(96)84-57-27-24-55(25-28-57)45-108-79(101)83-46-106-37-38-107-62-30-26-56(42-65(62)104-11)41-51(6)64-44-61(89)50(5)40-53(8)71(94)72(105-12)70(93)52(7)39-48(3)19-14-13-15-20-49(4)63(103-10)43-58-29-23-54(9)80(102,110-58)73(95)76(98)87-35-17-16-22-60(87)77(99)109-64/h13-15,19-20,24-25,27-28,31-32,40,47-48,50-52,54,56,58-60,62-65,69,71-72,94,102H,16-18,21-23,26,29-30,33-39,41-46H2,1-12H3,(H,83,101)(H,84,96)(H,85,97)(H,86,90)(H3,81,82,100)/b15-13+,19-14+,49-20+,53-40+/t48-,50-,51+,52-,54-,56-,58+,59+,60+,62-,63+,64+,65-,69+,71-,72+,80-/m1/s1. The first kappa shape index (κ1) is 90.5. The van der Waals surface area contributed by atoms with Gasteiger partial charge in [0.05, 0.1) is 37.6 Å². The number of ether oxygens (including phenoxy) is 8. The SMILES string of the molecule is CO[C@H]1C[C@@H]2CC[C@@H](C)[C@@](O)(O2)C(=O)C(=O)N2CCCC[C@H]2C(=O)O[C@H]([C@@H](C)C[C@H]2CC[C@@H](OCCOCNC(=O)OCc3ccc(NC(=O)[C@H](CCCNC(N)=O)NC(=O)[C@@H](NC(=O)CCN4C(=O)C=CC4=O)C(C)C)cc3)[C@H](OC)C2)CC(=O)[C@H](C)/C=C(\C)[C@@H](O)[C@@H](OC)C(=O)[C@H](C)C[C@H](C)/C=C/C=C/C=C/1C. The maximum Gasteiger partial charge on any atom is 0.409 e. The van der Waals surface area contributed by atoms with E-state index in [2.05, 4.69) is 26.6 Å². The van der Waals surface area contributed by atoms with E-state index >= 15 is 0 Å². The Morgan fingerprint density at radius 1 is 0.782 bits per heavy atom. The number of amides is 9. The van der Waals surface area contributed by atoms with Crippen molar-refractivity contribution in [2.75, 3.05) is 66.2 Å². The zero-order chi connectivity index (χ0) is 80.9. The van der Waals surface area contributed by atoms with Crippen LogP contribution in [0.1, 0.15) is 164 Å². The monoisotopic (exact) mass is 1540 g/mol. The molecule has 17 atom stereocenters. The number of aliphatic hydroxyl groups excluding tert-OH is 1. The van der Waals surface area contributed by atoms with Gasteiger partial charge in [-0.15, -0.1) is 0 Å². The molecule has 9 amide bonds. The predicted molar refractivity (Wildman–Crippen MR) is 404 cm³/mol. The summed E-state index contributed by atoms with van der Waals surface area (Å²) in [5.41, 5.74) is 7.31. The highest BCUT2D eigenvalue weighted by Crippen LogP contribution is 2.38. The molecule has 1 aliphatic carbocycles. The molecule has 2 bridgehead atoms. The molecule has 0 spiro atoms. The van der Waals surface area contributed by atoms with Gasteiger partial charge in [-0.3, -0.25) is 53.4 Å². The van der Waals surface area contributed by atoms with Crippen molar-refractivity contribution in [1.29, 1.82) is 0 Å². The number of nitrogens with two attached hydrogens (primary N) is 1. The fourth-order valence-corrected chi connectivity index (χ4v) is 14.5. The number of nitrogens with one attached hydrogen (secondary N) is 5. The highest BCUT2D eigenvalue weighted by molar-refractivity contribution is 6.39. The van der Waals surface area contributed by atoms with Gasteiger partial charge >= 0.3 is 18.1 Å². The van der Waals surface area contributed by atoms with Crippen LogP contribution >= 0.6 is 0 Å². The van der Waals surface area contributed by atoms with Crippen LogP contribution in [-0.2, 0) is 92.4 Å². The third-order valence-corrected chi connectivity index (χ3v) is 21.3. The third-order valence-electron chi connectivity index (χ3n) is 21.3. The number of urea groups is 1. The Morgan fingerprint density at radius 2 is 1.50 bits per heavy atom. The number of fused-ring (bicyclic) bond motifs is 3. The van der Waals surface area contributed by atoms with Gasteiger partial charge < -0.3 is 80.0 Å². The molecule has 9 N–H and O–H groups in total. The van der Waals surface area contributed by atoms with E-state index in [9.17, 15) is 67.7 Å². The second-order valence-corrected chi connectivity index (χ2v) is 30.1. The summed E-state index contributed by atoms with van der Waals surface area (Å²) in [6.45, 7) is 15.7. The maximum absolute atomic E-state index is 14.8. The number of alkyl carbamates (subject to hydrolysis) is 1. The molecule has 3 fully saturated rings. The van der Waals surface area contributed by atoms with Crippen LogP contribution < -0.4 is 32.3 Å². The van der Waals surface area contributed by atoms with E-state index in [0.29, 0.717) is 74.6 Å². The van der Waals surface area contributed by atoms with Crippen molar-refractivity contribution < 1.29 is 106 Å². The number of hydrogen-bond donors (Lipinski definition) is 8. The van der Waals surface area contributed by atoms with Crippen molar-refractivity contribution in [3.05, 3.63) is 89.6 Å². The predicted octanol–water partition coefficient (Wildman–Crippen LogP) is 6.43. The Balaban J connectivity index is 1.03. The van der Waals surface area contributed by atoms with Gasteiger partial charge in [-0.25, -0.2) is 14.4 Å². The molecule has 1 aromatic carbocycles. The second-order valence-electron chi connectivity index (χ2n) is 30.1. The highest BCUT2D eigenvalue weighted by atomic mass is 16.6. The Kier molecular flexibility index (Phi) is 36.7. The number of nitrogens with zero attached hydrogens (tertiary/aromatic N) is 2. The Bertz CT molecular complexity index is 3470. The number of carbonyl (C=O) groups excluding carboxylic acids is 12. The largest absolute Gasteiger partial charge is 0.460 e. The zero-order valence-electron chi connectivity index (χ0n) is 65.8. The molecule has 610 valence electrons. The minimum atomic E-state index is -2.49. The number of allylic oxidation sites excluding steroid dienone is 6. The molecule has 30 heteroatoms. The lowest BCUT2D eigenvalue weighted by atomic mass is 9.78. The van der Waals surface area contributed by atoms with Crippen molar-refractivity contribution in [3.63, 3.8) is 0 Å². The van der Waals surface area contributed by atoms with Gasteiger partial charge in [0, 0.05) is 95.8 Å². The van der Waals surface area contributed by atoms with Crippen LogP contribution in [0.2, 0.25) is 0 Å². The summed E-state index contributed by atoms with van der Waals surface area (Å²) in [6, 6.07) is 2.16. The van der Waals surface area contributed by atoms with Crippen LogP contribution in [0.25, 0.3) is 0 Å². The molecule has 0 unspecified atom stereocenters. The first-order valence-corrected chi connectivity index (χ1v) is 38.4. The molecule has 0 aromatic heterocycles. The van der Waals surface area contributed by atoms with Gasteiger partial charge in [-0.2, -0.15) is 0 Å². The van der Waals surface area contributed by atoms with Crippen LogP contribution in [-0.4, -0.2) is 218 Å². The molecule has 0 radical (unpaired) electrons. The van der Waals surface area contributed by atoms with Crippen LogP contribution in [0.15, 0.2) is 84.0 Å². The van der Waals surface area contributed by atoms with Gasteiger partial charge in [0.25, 0.3) is 23.5 Å². The summed E-state index contributed by atoms with van der Waals surface area (Å²) in [4.78, 5) is 162. The van der Waals surface area contributed by atoms with E-state index in [1.807, 2.05) is 51.2 Å². The van der Waals surface area contributed by atoms with Crippen molar-refractivity contribution in [1.82, 2.24) is 31.1 Å². The molecule has 1 saturated carbocycles. The van der Waals surface area contributed by atoms with Crippen molar-refractivity contribution in [3.8, 4) is 0 Å². The molecule has 110 heavy (non-hydrogen) atoms. The summed E-state index contributed by atoms with van der Waals surface area (Å²) in [6.07, 6.45) is 11.9. The molecule has 30 nitrogen and oxygen atoms in total. The first-order chi connectivity index (χ1) is 52.3. The number of cyclic esters (lactones) is 1. The van der Waals surface area contributed by atoms with Gasteiger partial charge in [0.1, 0.15) is 55.6 Å². The topological polar surface area (TPSA) is 412 Å². The Labute approximate surface area is 645 Å². The number of anilines is 1. The van der Waals surface area contributed by atoms with Gasteiger partial charge in [0.15, 0.2) is 5.78 Å². The number of primary amides is 1. The average Bonchev–Trinajstić information content (AvgIpc) is 1.22. The first-order valence-electron chi connectivity index (χ1n) is 38.4. The van der Waals surface area contributed by atoms with E-state index in [1.165, 1.54) is 12.0 Å². The molecule has 6 rings (SSSR count). The number of hydrogen-bond acceptors (Lipinski definition) is 22. The van der Waals surface area contributed by atoms with Crippen LogP contribution in [0.3, 0.4) is 0 Å². The quantitative estimate of drug-likeness (QED) is 0.0117. The summed E-state index contributed by atoms with van der Waals surface area (Å²) in [5.74, 6) is -12.1. The van der Waals surface area contributed by atoms with Crippen molar-refractivity contribution >= 4 is 76.6 Å². The minimum absolute atomic E-state index is 0.00986. The number of benzene rings is 1. The van der Waals surface area contributed by atoms with Gasteiger partial charge in [-0.05, 0) is 143 Å². The van der Waals surface area contributed by atoms with Crippen molar-refractivity contribution in [2.24, 2.45) is 47.2 Å². The number of esters is 1. The third kappa shape index (κ3) is 27.2. The van der Waals surface area contributed by atoms with E-state index in [1.54, 1.807) is 86.1 Å². The van der Waals surface area contributed by atoms with E-state index in [0.717, 1.165) is 22.6 Å². The van der Waals surface area contributed by atoms with E-state index in [-0.39, 0.29) is 120 Å². The molecule has 1 aromatic rings. The summed E-state index contributed by atoms with van der Waals surface area (Å²) in [7, 11) is 4.50. The number of carbonyl (C=O) groups is 12. The molecular formula is C80H118N8O22. The van der Waals surface area contributed by atoms with Crippen LogP contribution in [0.4, 0.5) is 15.3 Å². The fraction of sp³-hybridized carbons (Fsp3) is 0.650. The lowest BCUT2D eigenvalue weighted by molar-refractivity contribution is -0.265. The number of rotatable bonds is 27. The number of aliphatic hydroxyl groups is 2. The normalized spacial score (nSPS) is 29.6. The number of methoxy groups -OCH3 is 3. The fourth-order valence-electron chi connectivity index (χ4n) is 14.5. The summed E-state index contributed by atoms with van der Waals surface area (Å²) < 4.78 is 47.4. The average molecular weight is 1540 g/mol. The maximum atomic E-state index is 14.8. The molecule has 5 aliphatic rings. The minimum Gasteiger partial charge on any atom is -0.460 e. The van der Waals surface area contributed by atoms with Gasteiger partial charge in [-0.1, -0.05) is 97.1 Å². The summed E-state index contributed by atoms with van der Waals surface area (Å²) in [5, 5.41) is 36.8. The molecule has 2 saturated heterocycles. The number of imide groups is 1. The van der Waals surface area contributed by atoms with Crippen LogP contribution in [0.5, 0.6) is 0 Å². The van der Waals surface area contributed by atoms with E-state index in [4.69, 9.17) is 43.6 Å². The lowest BCUT2D eigenvalue weighted by Crippen LogP contribution is -2.61. The van der Waals surface area contributed by atoms with Crippen LogP contribution in [0, 0.1) is 41.4 Å². The number of Topliss-reactive ketones (excluding diaryl/α,β-unsaturated/α-hetero) is 3. The second kappa shape index (κ2) is 44.6. The molecule has 4 aliphatic heterocycles. The zero-order valence-corrected chi connectivity index (χ0v) is 65.8. The Hall–Kier alpha value is -8.36. The smallest absolute Gasteiger partial charge is 0.409 e. The number of piperidine rings is 1. The van der Waals surface area contributed by atoms with Crippen molar-refractivity contribution in [2.45, 2.75) is 232 Å². The molecular weight excluding hydrogens is 1420 g/mol. The molecule has 4 heterocycles. The number of ketones is 3.